The molecule has 0 spiro atoms. The van der Waals surface area contributed by atoms with E-state index in [4.69, 9.17) is 0 Å². The largest absolute Gasteiger partial charge is 0.310 e. The van der Waals surface area contributed by atoms with E-state index in [1.165, 1.54) is 44.9 Å². The van der Waals surface area contributed by atoms with E-state index in [1.807, 2.05) is 13.8 Å². The van der Waals surface area contributed by atoms with Crippen molar-refractivity contribution in [2.75, 3.05) is 4.90 Å². The van der Waals surface area contributed by atoms with Gasteiger partial charge in [-0.3, -0.25) is 0 Å². The van der Waals surface area contributed by atoms with Gasteiger partial charge in [-0.05, 0) is 67.3 Å². The molecule has 0 aliphatic rings. The van der Waals surface area contributed by atoms with Gasteiger partial charge in [-0.1, -0.05) is 92.2 Å². The van der Waals surface area contributed by atoms with Crippen LogP contribution >= 0.6 is 0 Å². The second-order valence-electron chi connectivity index (χ2n) is 7.32. The maximum absolute atomic E-state index is 2.35. The SMILES string of the molecule is CC.Cc1ccc(-c2ccc(N(c3ccccc3C)c3ccccc3C)cc2)cc1. The van der Waals surface area contributed by atoms with Gasteiger partial charge >= 0.3 is 0 Å². The van der Waals surface area contributed by atoms with Crippen LogP contribution in [-0.4, -0.2) is 0 Å². The van der Waals surface area contributed by atoms with Crippen LogP contribution in [0.5, 0.6) is 0 Å². The summed E-state index contributed by atoms with van der Waals surface area (Å²) < 4.78 is 0. The number of aryl methyl sites for hydroxylation is 3. The van der Waals surface area contributed by atoms with Crippen molar-refractivity contribution in [2.24, 2.45) is 0 Å². The molecule has 0 radical (unpaired) electrons. The zero-order chi connectivity index (χ0) is 21.5. The Morgan fingerprint density at radius 3 is 1.30 bits per heavy atom. The summed E-state index contributed by atoms with van der Waals surface area (Å²) in [6.07, 6.45) is 0. The van der Waals surface area contributed by atoms with Crippen LogP contribution < -0.4 is 4.90 Å². The van der Waals surface area contributed by atoms with Gasteiger partial charge in [-0.2, -0.15) is 0 Å². The lowest BCUT2D eigenvalue weighted by Crippen LogP contribution is -2.12. The second-order valence-corrected chi connectivity index (χ2v) is 7.32. The van der Waals surface area contributed by atoms with Crippen molar-refractivity contribution in [1.82, 2.24) is 0 Å². The summed E-state index contributed by atoms with van der Waals surface area (Å²) in [6.45, 7) is 10.5. The van der Waals surface area contributed by atoms with Crippen LogP contribution in [0.2, 0.25) is 0 Å². The Balaban J connectivity index is 0.00000124. The maximum atomic E-state index is 2.35. The van der Waals surface area contributed by atoms with Crippen LogP contribution in [0.3, 0.4) is 0 Å². The third-order valence-corrected chi connectivity index (χ3v) is 5.22. The van der Waals surface area contributed by atoms with Crippen LogP contribution in [0.25, 0.3) is 11.1 Å². The third-order valence-electron chi connectivity index (χ3n) is 5.22. The summed E-state index contributed by atoms with van der Waals surface area (Å²) in [5, 5.41) is 0. The van der Waals surface area contributed by atoms with Crippen molar-refractivity contribution in [2.45, 2.75) is 34.6 Å². The first-order chi connectivity index (χ1) is 14.6. The Morgan fingerprint density at radius 2 is 0.867 bits per heavy atom. The van der Waals surface area contributed by atoms with Crippen LogP contribution in [-0.2, 0) is 0 Å². The predicted molar refractivity (Wildman–Crippen MR) is 132 cm³/mol. The van der Waals surface area contributed by atoms with Gasteiger partial charge in [-0.25, -0.2) is 0 Å². The first-order valence-electron chi connectivity index (χ1n) is 10.7. The monoisotopic (exact) mass is 393 g/mol. The molecule has 0 aromatic heterocycles. The average Bonchev–Trinajstić information content (AvgIpc) is 2.79. The van der Waals surface area contributed by atoms with E-state index in [-0.39, 0.29) is 0 Å². The fourth-order valence-corrected chi connectivity index (χ4v) is 3.59. The molecule has 0 saturated carbocycles. The molecule has 152 valence electrons. The van der Waals surface area contributed by atoms with Gasteiger partial charge in [0.15, 0.2) is 0 Å². The standard InChI is InChI=1S/C27H25N.C2H6/c1-20-12-14-23(15-13-20)24-16-18-25(19-17-24)28(26-10-6-4-8-21(26)2)27-11-7-5-9-22(27)3;1-2/h4-19H,1-3H3;1-2H3. The Kier molecular flexibility index (Phi) is 7.08. The normalized spacial score (nSPS) is 10.2. The second kappa shape index (κ2) is 9.93. The minimum atomic E-state index is 1.17. The number of benzene rings is 4. The Hall–Kier alpha value is -3.32. The molecule has 0 unspecified atom stereocenters. The molecule has 0 bridgehead atoms. The van der Waals surface area contributed by atoms with Gasteiger partial charge in [-0.15, -0.1) is 0 Å². The third kappa shape index (κ3) is 4.63. The average molecular weight is 394 g/mol. The minimum absolute atomic E-state index is 1.17. The zero-order valence-corrected chi connectivity index (χ0v) is 18.7. The van der Waals surface area contributed by atoms with Gasteiger partial charge in [0.25, 0.3) is 0 Å². The lowest BCUT2D eigenvalue weighted by Gasteiger charge is -2.28. The molecule has 4 rings (SSSR count). The summed E-state index contributed by atoms with van der Waals surface area (Å²) in [4.78, 5) is 2.35. The van der Waals surface area contributed by atoms with Gasteiger partial charge in [0, 0.05) is 17.1 Å². The van der Waals surface area contributed by atoms with E-state index in [1.54, 1.807) is 0 Å². The van der Waals surface area contributed by atoms with E-state index >= 15 is 0 Å². The Labute approximate surface area is 181 Å². The van der Waals surface area contributed by atoms with E-state index in [9.17, 15) is 0 Å². The van der Waals surface area contributed by atoms with Crippen LogP contribution in [0.1, 0.15) is 30.5 Å². The van der Waals surface area contributed by atoms with Crippen LogP contribution in [0.15, 0.2) is 97.1 Å². The molecule has 30 heavy (non-hydrogen) atoms. The lowest BCUT2D eigenvalue weighted by molar-refractivity contribution is 1.23. The molecule has 4 aromatic rings. The summed E-state index contributed by atoms with van der Waals surface area (Å²) in [6, 6.07) is 34.7. The first kappa shape index (κ1) is 21.4. The van der Waals surface area contributed by atoms with Crippen molar-refractivity contribution in [3.8, 4) is 11.1 Å². The number of hydrogen-bond acceptors (Lipinski definition) is 1. The van der Waals surface area contributed by atoms with Crippen molar-refractivity contribution >= 4 is 17.1 Å². The number of para-hydroxylation sites is 2. The Morgan fingerprint density at radius 1 is 0.467 bits per heavy atom. The molecule has 0 aliphatic carbocycles. The van der Waals surface area contributed by atoms with Gasteiger partial charge in [0.2, 0.25) is 0 Å². The maximum Gasteiger partial charge on any atom is 0.0490 e. The number of rotatable bonds is 4. The summed E-state index contributed by atoms with van der Waals surface area (Å²) in [5.41, 5.74) is 9.86. The molecule has 0 amide bonds. The highest BCUT2D eigenvalue weighted by atomic mass is 15.1. The summed E-state index contributed by atoms with van der Waals surface area (Å²) in [5.74, 6) is 0. The summed E-state index contributed by atoms with van der Waals surface area (Å²) in [7, 11) is 0. The fourth-order valence-electron chi connectivity index (χ4n) is 3.59. The van der Waals surface area contributed by atoms with Crippen molar-refractivity contribution in [3.05, 3.63) is 114 Å². The topological polar surface area (TPSA) is 3.24 Å². The van der Waals surface area contributed by atoms with E-state index in [0.29, 0.717) is 0 Å². The molecular weight excluding hydrogens is 362 g/mol. The van der Waals surface area contributed by atoms with Crippen molar-refractivity contribution < 1.29 is 0 Å². The lowest BCUT2D eigenvalue weighted by atomic mass is 10.0. The van der Waals surface area contributed by atoms with Crippen LogP contribution in [0.4, 0.5) is 17.1 Å². The number of nitrogens with zero attached hydrogens (tertiary/aromatic N) is 1. The molecule has 1 heteroatoms. The predicted octanol–water partition coefficient (Wildman–Crippen LogP) is 8.77. The highest BCUT2D eigenvalue weighted by molar-refractivity contribution is 5.81. The summed E-state index contributed by atoms with van der Waals surface area (Å²) >= 11 is 0. The van der Waals surface area contributed by atoms with Crippen LogP contribution in [0, 0.1) is 20.8 Å². The fraction of sp³-hybridized carbons (Fsp3) is 0.172. The first-order valence-corrected chi connectivity index (χ1v) is 10.7. The highest BCUT2D eigenvalue weighted by Gasteiger charge is 2.15. The molecular formula is C29H31N. The van der Waals surface area contributed by atoms with E-state index < -0.39 is 0 Å². The number of hydrogen-bond donors (Lipinski definition) is 0. The molecule has 0 atom stereocenters. The van der Waals surface area contributed by atoms with E-state index in [0.717, 1.165) is 0 Å². The van der Waals surface area contributed by atoms with E-state index in [2.05, 4.69) is 123 Å². The van der Waals surface area contributed by atoms with Gasteiger partial charge in [0.1, 0.15) is 0 Å². The molecule has 0 saturated heterocycles. The van der Waals surface area contributed by atoms with Crippen molar-refractivity contribution in [1.29, 1.82) is 0 Å². The van der Waals surface area contributed by atoms with Gasteiger partial charge < -0.3 is 4.90 Å². The quantitative estimate of drug-likeness (QED) is 0.335. The molecule has 0 heterocycles. The molecule has 1 nitrogen and oxygen atoms in total. The number of anilines is 3. The molecule has 0 N–H and O–H groups in total. The smallest absolute Gasteiger partial charge is 0.0490 e. The highest BCUT2D eigenvalue weighted by Crippen LogP contribution is 2.38. The minimum Gasteiger partial charge on any atom is -0.310 e. The Bertz CT molecular complexity index is 1030. The van der Waals surface area contributed by atoms with Gasteiger partial charge in [0.05, 0.1) is 0 Å². The zero-order valence-electron chi connectivity index (χ0n) is 18.7. The van der Waals surface area contributed by atoms with Crippen molar-refractivity contribution in [3.63, 3.8) is 0 Å². The molecule has 0 aliphatic heterocycles. The molecule has 4 aromatic carbocycles. The molecule has 0 fully saturated rings.